The molecule has 0 N–H and O–H groups in total. The smallest absolute Gasteiger partial charge is 0.269 e. The summed E-state index contributed by atoms with van der Waals surface area (Å²) in [5, 5.41) is 11.0. The number of carbonyl (C=O) groups is 2. The zero-order chi connectivity index (χ0) is 21.8. The Kier molecular flexibility index (Phi) is 6.56. The number of thioether (sulfide) groups is 1. The number of hydrogen-bond acceptors (Lipinski definition) is 6. The number of ether oxygens (including phenoxy) is 1. The van der Waals surface area contributed by atoms with Crippen LogP contribution in [0.1, 0.15) is 25.0 Å². The van der Waals surface area contributed by atoms with E-state index in [1.54, 1.807) is 7.11 Å². The highest BCUT2D eigenvalue weighted by molar-refractivity contribution is 8.04. The standard InChI is InChI=1S/C22H22N2O5S/c1-14(2)30-20-19(16-6-8-17(9-7-16)24(27)28)21(25)23(22(20)26)13-12-15-4-10-18(29-3)11-5-15/h4-11,14H,12-13H2,1-3H3. The summed E-state index contributed by atoms with van der Waals surface area (Å²) in [5.74, 6) is 0.0518. The number of non-ortho nitro benzene ring substituents is 1. The van der Waals surface area contributed by atoms with Gasteiger partial charge in [-0.15, -0.1) is 11.8 Å². The van der Waals surface area contributed by atoms with E-state index in [2.05, 4.69) is 0 Å². The molecule has 0 fully saturated rings. The molecule has 0 atom stereocenters. The summed E-state index contributed by atoms with van der Waals surface area (Å²) < 4.78 is 5.15. The maximum absolute atomic E-state index is 13.1. The van der Waals surface area contributed by atoms with Gasteiger partial charge in [0.25, 0.3) is 17.5 Å². The molecule has 0 saturated carbocycles. The highest BCUT2D eigenvalue weighted by Gasteiger charge is 2.39. The molecule has 3 rings (SSSR count). The average Bonchev–Trinajstić information content (AvgIpc) is 2.95. The Morgan fingerprint density at radius 1 is 1.03 bits per heavy atom. The normalized spacial score (nSPS) is 14.1. The predicted octanol–water partition coefficient (Wildman–Crippen LogP) is 4.07. The summed E-state index contributed by atoms with van der Waals surface area (Å²) >= 11 is 1.33. The van der Waals surface area contributed by atoms with Gasteiger partial charge >= 0.3 is 0 Å². The molecular formula is C22H22N2O5S. The molecule has 0 bridgehead atoms. The van der Waals surface area contributed by atoms with Gasteiger partial charge in [-0.3, -0.25) is 24.6 Å². The van der Waals surface area contributed by atoms with Gasteiger partial charge in [-0.05, 0) is 41.8 Å². The third-order valence-corrected chi connectivity index (χ3v) is 5.71. The molecule has 2 aromatic rings. The van der Waals surface area contributed by atoms with Crippen molar-refractivity contribution in [2.45, 2.75) is 25.5 Å². The molecule has 7 nitrogen and oxygen atoms in total. The largest absolute Gasteiger partial charge is 0.497 e. The van der Waals surface area contributed by atoms with Crippen molar-refractivity contribution in [1.82, 2.24) is 4.90 Å². The monoisotopic (exact) mass is 426 g/mol. The van der Waals surface area contributed by atoms with E-state index < -0.39 is 4.92 Å². The molecule has 2 aromatic carbocycles. The Labute approximate surface area is 178 Å². The molecule has 2 amide bonds. The van der Waals surface area contributed by atoms with Crippen LogP contribution in [0, 0.1) is 10.1 Å². The first-order chi connectivity index (χ1) is 14.3. The lowest BCUT2D eigenvalue weighted by Crippen LogP contribution is -2.33. The highest BCUT2D eigenvalue weighted by atomic mass is 32.2. The number of hydrogen-bond donors (Lipinski definition) is 0. The quantitative estimate of drug-likeness (QED) is 0.359. The van der Waals surface area contributed by atoms with Gasteiger partial charge in [-0.1, -0.05) is 26.0 Å². The summed E-state index contributed by atoms with van der Waals surface area (Å²) in [6, 6.07) is 13.2. The fourth-order valence-electron chi connectivity index (χ4n) is 3.14. The number of carbonyl (C=O) groups excluding carboxylic acids is 2. The number of amides is 2. The van der Waals surface area contributed by atoms with Crippen LogP contribution in [-0.4, -0.2) is 40.5 Å². The zero-order valence-corrected chi connectivity index (χ0v) is 17.8. The first-order valence-corrected chi connectivity index (χ1v) is 10.3. The van der Waals surface area contributed by atoms with Crippen LogP contribution in [0.15, 0.2) is 53.4 Å². The van der Waals surface area contributed by atoms with Gasteiger partial charge in [-0.2, -0.15) is 0 Å². The average molecular weight is 426 g/mol. The molecule has 1 aliphatic heterocycles. The number of nitrogens with zero attached hydrogens (tertiary/aromatic N) is 2. The molecule has 0 aromatic heterocycles. The summed E-state index contributed by atoms with van der Waals surface area (Å²) in [6.45, 7) is 4.15. The minimum Gasteiger partial charge on any atom is -0.497 e. The minimum atomic E-state index is -0.495. The Morgan fingerprint density at radius 2 is 1.67 bits per heavy atom. The number of rotatable bonds is 8. The second-order valence-corrected chi connectivity index (χ2v) is 8.62. The lowest BCUT2D eigenvalue weighted by atomic mass is 10.1. The van der Waals surface area contributed by atoms with Crippen molar-refractivity contribution in [3.8, 4) is 5.75 Å². The predicted molar refractivity (Wildman–Crippen MR) is 116 cm³/mol. The maximum Gasteiger partial charge on any atom is 0.269 e. The third kappa shape index (κ3) is 4.54. The van der Waals surface area contributed by atoms with Crippen molar-refractivity contribution < 1.29 is 19.2 Å². The van der Waals surface area contributed by atoms with Gasteiger partial charge < -0.3 is 4.74 Å². The van der Waals surface area contributed by atoms with Crippen molar-refractivity contribution in [2.24, 2.45) is 0 Å². The van der Waals surface area contributed by atoms with E-state index in [9.17, 15) is 19.7 Å². The number of nitro groups is 1. The molecule has 156 valence electrons. The molecule has 1 heterocycles. The summed E-state index contributed by atoms with van der Waals surface area (Å²) in [7, 11) is 1.59. The van der Waals surface area contributed by atoms with Crippen LogP contribution in [0.3, 0.4) is 0 Å². The molecule has 0 saturated heterocycles. The van der Waals surface area contributed by atoms with E-state index in [4.69, 9.17) is 4.74 Å². The fraction of sp³-hybridized carbons (Fsp3) is 0.273. The van der Waals surface area contributed by atoms with Gasteiger partial charge in [0.05, 0.1) is 22.5 Å². The van der Waals surface area contributed by atoms with E-state index in [-0.39, 0.29) is 29.3 Å². The van der Waals surface area contributed by atoms with Crippen LogP contribution in [0.4, 0.5) is 5.69 Å². The van der Waals surface area contributed by atoms with E-state index in [0.29, 0.717) is 22.5 Å². The van der Waals surface area contributed by atoms with Gasteiger partial charge in [0.15, 0.2) is 0 Å². The lowest BCUT2D eigenvalue weighted by molar-refractivity contribution is -0.384. The Morgan fingerprint density at radius 3 is 2.20 bits per heavy atom. The van der Waals surface area contributed by atoms with Crippen LogP contribution in [-0.2, 0) is 16.0 Å². The Hall–Kier alpha value is -3.13. The van der Waals surface area contributed by atoms with Gasteiger partial charge in [-0.25, -0.2) is 0 Å². The number of methoxy groups -OCH3 is 1. The molecule has 1 aliphatic rings. The topological polar surface area (TPSA) is 89.8 Å². The van der Waals surface area contributed by atoms with Crippen LogP contribution in [0.25, 0.3) is 5.57 Å². The number of imide groups is 1. The highest BCUT2D eigenvalue weighted by Crippen LogP contribution is 2.38. The molecule has 30 heavy (non-hydrogen) atoms. The second kappa shape index (κ2) is 9.13. The van der Waals surface area contributed by atoms with E-state index in [0.717, 1.165) is 11.3 Å². The minimum absolute atomic E-state index is 0.0643. The summed E-state index contributed by atoms with van der Waals surface area (Å²) in [5.41, 5.74) is 1.74. The zero-order valence-electron chi connectivity index (χ0n) is 17.0. The van der Waals surface area contributed by atoms with Crippen molar-refractivity contribution >= 4 is 34.8 Å². The van der Waals surface area contributed by atoms with Crippen LogP contribution >= 0.6 is 11.8 Å². The molecule has 0 radical (unpaired) electrons. The molecular weight excluding hydrogens is 404 g/mol. The van der Waals surface area contributed by atoms with Crippen LogP contribution < -0.4 is 4.74 Å². The van der Waals surface area contributed by atoms with E-state index in [1.807, 2.05) is 38.1 Å². The fourth-order valence-corrected chi connectivity index (χ4v) is 4.14. The van der Waals surface area contributed by atoms with Crippen LogP contribution in [0.5, 0.6) is 5.75 Å². The lowest BCUT2D eigenvalue weighted by Gasteiger charge is -2.15. The van der Waals surface area contributed by atoms with Crippen LogP contribution in [0.2, 0.25) is 0 Å². The molecule has 8 heteroatoms. The van der Waals surface area contributed by atoms with Gasteiger partial charge in [0.1, 0.15) is 5.75 Å². The first kappa shape index (κ1) is 21.6. The second-order valence-electron chi connectivity index (χ2n) is 7.03. The Bertz CT molecular complexity index is 997. The number of nitro benzene ring substituents is 1. The molecule has 0 spiro atoms. The van der Waals surface area contributed by atoms with Crippen molar-refractivity contribution in [3.63, 3.8) is 0 Å². The number of benzene rings is 2. The van der Waals surface area contributed by atoms with Crippen molar-refractivity contribution in [3.05, 3.63) is 74.7 Å². The SMILES string of the molecule is COc1ccc(CCN2C(=O)C(SC(C)C)=C(c3ccc([N+](=O)[O-])cc3)C2=O)cc1. The molecule has 0 unspecified atom stereocenters. The van der Waals surface area contributed by atoms with Crippen molar-refractivity contribution in [2.75, 3.05) is 13.7 Å². The Balaban J connectivity index is 1.85. The van der Waals surface area contributed by atoms with Gasteiger partial charge in [0.2, 0.25) is 0 Å². The third-order valence-electron chi connectivity index (χ3n) is 4.63. The summed E-state index contributed by atoms with van der Waals surface area (Å²) in [6.07, 6.45) is 0.522. The van der Waals surface area contributed by atoms with E-state index >= 15 is 0 Å². The molecule has 0 aliphatic carbocycles. The maximum atomic E-state index is 13.1. The summed E-state index contributed by atoms with van der Waals surface area (Å²) in [4.78, 5) is 38.2. The van der Waals surface area contributed by atoms with Crippen molar-refractivity contribution in [1.29, 1.82) is 0 Å². The van der Waals surface area contributed by atoms with Gasteiger partial charge in [0, 0.05) is 23.9 Å². The first-order valence-electron chi connectivity index (χ1n) is 9.46. The van der Waals surface area contributed by atoms with E-state index in [1.165, 1.54) is 40.9 Å².